The molecule has 0 radical (unpaired) electrons. The van der Waals surface area contributed by atoms with Crippen molar-refractivity contribution in [2.45, 2.75) is 51.1 Å². The highest BCUT2D eigenvalue weighted by Crippen LogP contribution is 2.32. The average Bonchev–Trinajstić information content (AvgIpc) is 3.60. The lowest BCUT2D eigenvalue weighted by molar-refractivity contribution is -0.133. The second-order valence-electron chi connectivity index (χ2n) is 8.86. The van der Waals surface area contributed by atoms with Gasteiger partial charge >= 0.3 is 0 Å². The molecule has 1 aliphatic carbocycles. The Bertz CT molecular complexity index is 999. The third kappa shape index (κ3) is 4.03. The molecule has 3 aliphatic rings. The number of piperidine rings is 1. The molecule has 2 aromatic rings. The number of nitrogens with one attached hydrogen (secondary N) is 1. The number of hydrogen-bond donors (Lipinski definition) is 1. The average molecular weight is 410 g/mol. The minimum absolute atomic E-state index is 0.0982. The molecule has 1 amide bonds. The standard InChI is InChI=1S/C23H27FN4O2/c24-18-7-3-15(4-8-18)12-27-10-1-2-17(13-27)21-25-20-9-11-28(23(30)16-5-6-16)14-19(20)22(29)26-21/h3-4,7-8,16-17H,1-2,5-6,9-14H2,(H,25,26,29)/t17-/m0/s1. The summed E-state index contributed by atoms with van der Waals surface area (Å²) in [6, 6.07) is 6.65. The van der Waals surface area contributed by atoms with Gasteiger partial charge in [-0.15, -0.1) is 0 Å². The van der Waals surface area contributed by atoms with Crippen molar-refractivity contribution in [3.63, 3.8) is 0 Å². The van der Waals surface area contributed by atoms with E-state index < -0.39 is 0 Å². The van der Waals surface area contributed by atoms with E-state index in [0.29, 0.717) is 25.1 Å². The lowest BCUT2D eigenvalue weighted by Gasteiger charge is -2.33. The van der Waals surface area contributed by atoms with Crippen LogP contribution in [0.3, 0.4) is 0 Å². The summed E-state index contributed by atoms with van der Waals surface area (Å²) in [6.45, 7) is 3.62. The highest BCUT2D eigenvalue weighted by Gasteiger charge is 2.35. The first kappa shape index (κ1) is 19.4. The van der Waals surface area contributed by atoms with Gasteiger partial charge in [0.2, 0.25) is 5.91 Å². The van der Waals surface area contributed by atoms with Gasteiger partial charge in [-0.05, 0) is 49.9 Å². The summed E-state index contributed by atoms with van der Waals surface area (Å²) in [6.07, 6.45) is 4.64. The van der Waals surface area contributed by atoms with Crippen LogP contribution in [0.5, 0.6) is 0 Å². The highest BCUT2D eigenvalue weighted by molar-refractivity contribution is 5.81. The smallest absolute Gasteiger partial charge is 0.256 e. The Morgan fingerprint density at radius 3 is 2.73 bits per heavy atom. The molecule has 158 valence electrons. The van der Waals surface area contributed by atoms with E-state index in [1.165, 1.54) is 12.1 Å². The minimum Gasteiger partial charge on any atom is -0.337 e. The first-order chi connectivity index (χ1) is 14.6. The third-order valence-electron chi connectivity index (χ3n) is 6.54. The molecule has 30 heavy (non-hydrogen) atoms. The molecule has 0 spiro atoms. The Hall–Kier alpha value is -2.54. The molecule has 6 nitrogen and oxygen atoms in total. The summed E-state index contributed by atoms with van der Waals surface area (Å²) in [5.74, 6) is 1.09. The van der Waals surface area contributed by atoms with Crippen molar-refractivity contribution < 1.29 is 9.18 Å². The lowest BCUT2D eigenvalue weighted by Crippen LogP contribution is -2.41. The van der Waals surface area contributed by atoms with Crippen molar-refractivity contribution >= 4 is 5.91 Å². The molecule has 5 rings (SSSR count). The van der Waals surface area contributed by atoms with Crippen molar-refractivity contribution in [2.75, 3.05) is 19.6 Å². The molecular formula is C23H27FN4O2. The zero-order valence-corrected chi connectivity index (χ0v) is 17.1. The number of likely N-dealkylation sites (tertiary alicyclic amines) is 1. The van der Waals surface area contributed by atoms with Gasteiger partial charge in [0.1, 0.15) is 11.6 Å². The predicted molar refractivity (Wildman–Crippen MR) is 110 cm³/mol. The molecule has 1 N–H and O–H groups in total. The third-order valence-corrected chi connectivity index (χ3v) is 6.54. The van der Waals surface area contributed by atoms with Crippen molar-refractivity contribution in [2.24, 2.45) is 5.92 Å². The normalized spacial score (nSPS) is 22.0. The van der Waals surface area contributed by atoms with Crippen LogP contribution >= 0.6 is 0 Å². The van der Waals surface area contributed by atoms with E-state index in [0.717, 1.165) is 62.4 Å². The van der Waals surface area contributed by atoms with Gasteiger partial charge in [0.15, 0.2) is 0 Å². The number of fused-ring (bicyclic) bond motifs is 1. The zero-order valence-electron chi connectivity index (χ0n) is 17.1. The van der Waals surface area contributed by atoms with E-state index in [2.05, 4.69) is 9.88 Å². The van der Waals surface area contributed by atoms with Crippen molar-refractivity contribution in [3.8, 4) is 0 Å². The van der Waals surface area contributed by atoms with E-state index >= 15 is 0 Å². The Kier molecular flexibility index (Phi) is 5.15. The van der Waals surface area contributed by atoms with Gasteiger partial charge in [0, 0.05) is 37.9 Å². The number of hydrogen-bond acceptors (Lipinski definition) is 4. The summed E-state index contributed by atoms with van der Waals surface area (Å²) in [5.41, 5.74) is 2.49. The van der Waals surface area contributed by atoms with Gasteiger partial charge in [0.05, 0.1) is 17.8 Å². The molecule has 0 bridgehead atoms. The number of aromatic nitrogens is 2. The first-order valence-corrected chi connectivity index (χ1v) is 10.9. The Balaban J connectivity index is 1.29. The van der Waals surface area contributed by atoms with Crippen molar-refractivity contribution in [3.05, 3.63) is 63.1 Å². The molecule has 1 saturated carbocycles. The van der Waals surface area contributed by atoms with E-state index in [4.69, 9.17) is 4.98 Å². The summed E-state index contributed by atoms with van der Waals surface area (Å²) < 4.78 is 13.2. The summed E-state index contributed by atoms with van der Waals surface area (Å²) in [5, 5.41) is 0. The van der Waals surface area contributed by atoms with Gasteiger partial charge in [-0.25, -0.2) is 9.37 Å². The van der Waals surface area contributed by atoms with Crippen LogP contribution in [0.2, 0.25) is 0 Å². The number of carbonyl (C=O) groups excluding carboxylic acids is 1. The topological polar surface area (TPSA) is 69.3 Å². The van der Waals surface area contributed by atoms with Crippen LogP contribution in [0, 0.1) is 11.7 Å². The van der Waals surface area contributed by atoms with Gasteiger partial charge in [0.25, 0.3) is 5.56 Å². The van der Waals surface area contributed by atoms with Crippen LogP contribution in [0.4, 0.5) is 4.39 Å². The molecule has 2 aliphatic heterocycles. The number of H-pyrrole nitrogens is 1. The molecule has 1 saturated heterocycles. The van der Waals surface area contributed by atoms with Gasteiger partial charge in [-0.2, -0.15) is 0 Å². The number of aromatic amines is 1. The van der Waals surface area contributed by atoms with Crippen LogP contribution in [0.15, 0.2) is 29.1 Å². The molecule has 2 fully saturated rings. The maximum absolute atomic E-state index is 13.2. The van der Waals surface area contributed by atoms with Crippen LogP contribution in [-0.2, 0) is 24.3 Å². The van der Waals surface area contributed by atoms with Gasteiger partial charge < -0.3 is 9.88 Å². The molecule has 1 aromatic carbocycles. The number of nitrogens with zero attached hydrogens (tertiary/aromatic N) is 3. The highest BCUT2D eigenvalue weighted by atomic mass is 19.1. The maximum Gasteiger partial charge on any atom is 0.256 e. The zero-order chi connectivity index (χ0) is 20.7. The van der Waals surface area contributed by atoms with Crippen LogP contribution in [0.25, 0.3) is 0 Å². The number of carbonyl (C=O) groups is 1. The van der Waals surface area contributed by atoms with Crippen LogP contribution < -0.4 is 5.56 Å². The molecule has 0 unspecified atom stereocenters. The van der Waals surface area contributed by atoms with Crippen LogP contribution in [0.1, 0.15) is 54.2 Å². The van der Waals surface area contributed by atoms with Crippen LogP contribution in [-0.4, -0.2) is 45.3 Å². The molecule has 1 atom stereocenters. The van der Waals surface area contributed by atoms with E-state index in [1.54, 1.807) is 0 Å². The number of halogens is 1. The first-order valence-electron chi connectivity index (χ1n) is 10.9. The summed E-state index contributed by atoms with van der Waals surface area (Å²) in [7, 11) is 0. The number of benzene rings is 1. The fourth-order valence-corrected chi connectivity index (χ4v) is 4.68. The molecular weight excluding hydrogens is 383 g/mol. The lowest BCUT2D eigenvalue weighted by atomic mass is 9.96. The minimum atomic E-state index is -0.219. The quantitative estimate of drug-likeness (QED) is 0.841. The molecule has 7 heteroatoms. The molecule has 3 heterocycles. The van der Waals surface area contributed by atoms with E-state index in [1.807, 2.05) is 17.0 Å². The second kappa shape index (κ2) is 7.95. The fourth-order valence-electron chi connectivity index (χ4n) is 4.68. The Morgan fingerprint density at radius 1 is 1.17 bits per heavy atom. The van der Waals surface area contributed by atoms with E-state index in [-0.39, 0.29) is 29.1 Å². The molecule has 1 aromatic heterocycles. The van der Waals surface area contributed by atoms with E-state index in [9.17, 15) is 14.0 Å². The summed E-state index contributed by atoms with van der Waals surface area (Å²) >= 11 is 0. The second-order valence-corrected chi connectivity index (χ2v) is 8.86. The predicted octanol–water partition coefficient (Wildman–Crippen LogP) is 2.58. The Morgan fingerprint density at radius 2 is 1.97 bits per heavy atom. The monoisotopic (exact) mass is 410 g/mol. The Labute approximate surface area is 175 Å². The van der Waals surface area contributed by atoms with Gasteiger partial charge in [-0.1, -0.05) is 12.1 Å². The summed E-state index contributed by atoms with van der Waals surface area (Å²) in [4.78, 5) is 37.2. The SMILES string of the molecule is O=C(C1CC1)N1CCc2nc([C@H]3CCCN(Cc4ccc(F)cc4)C3)[nH]c(=O)c2C1. The fraction of sp³-hybridized carbons (Fsp3) is 0.522. The van der Waals surface area contributed by atoms with Crippen molar-refractivity contribution in [1.82, 2.24) is 19.8 Å². The number of rotatable bonds is 4. The number of amides is 1. The maximum atomic E-state index is 13.2. The largest absolute Gasteiger partial charge is 0.337 e. The van der Waals surface area contributed by atoms with Crippen molar-refractivity contribution in [1.29, 1.82) is 0 Å². The van der Waals surface area contributed by atoms with Gasteiger partial charge in [-0.3, -0.25) is 14.5 Å².